The number of carboxylic acid groups (broad SMARTS) is 1. The Morgan fingerprint density at radius 3 is 2.93 bits per heavy atom. The first-order valence-corrected chi connectivity index (χ1v) is 6.09. The van der Waals surface area contributed by atoms with E-state index < -0.39 is 5.97 Å². The van der Waals surface area contributed by atoms with E-state index >= 15 is 0 Å². The highest BCUT2D eigenvalue weighted by Crippen LogP contribution is 2.22. The average Bonchev–Trinajstić information content (AvgIpc) is 2.52. The summed E-state index contributed by atoms with van der Waals surface area (Å²) < 4.78 is 0. The van der Waals surface area contributed by atoms with Crippen LogP contribution in [-0.4, -0.2) is 35.1 Å². The van der Waals surface area contributed by atoms with E-state index in [1.54, 1.807) is 0 Å². The number of rotatable bonds is 6. The van der Waals surface area contributed by atoms with Crippen LogP contribution in [0.4, 0.5) is 0 Å². The van der Waals surface area contributed by atoms with Gasteiger partial charge in [-0.25, -0.2) is 0 Å². The molecule has 1 aliphatic heterocycles. The van der Waals surface area contributed by atoms with Gasteiger partial charge in [0.15, 0.2) is 0 Å². The Morgan fingerprint density at radius 2 is 2.33 bits per heavy atom. The molecule has 0 amide bonds. The van der Waals surface area contributed by atoms with Crippen LogP contribution in [0.3, 0.4) is 0 Å². The van der Waals surface area contributed by atoms with Crippen LogP contribution in [0.2, 0.25) is 0 Å². The molecular weight excluding hydrogens is 190 g/mol. The van der Waals surface area contributed by atoms with E-state index in [1.807, 2.05) is 0 Å². The van der Waals surface area contributed by atoms with Gasteiger partial charge in [0.05, 0.1) is 6.42 Å². The first-order chi connectivity index (χ1) is 7.13. The van der Waals surface area contributed by atoms with Gasteiger partial charge in [0.1, 0.15) is 0 Å². The summed E-state index contributed by atoms with van der Waals surface area (Å²) in [5.41, 5.74) is 0. The topological polar surface area (TPSA) is 40.5 Å². The SMILES string of the molecule is CCCC(C)CN1CCCC1CC(=O)O. The van der Waals surface area contributed by atoms with Crippen LogP contribution in [0.1, 0.15) is 46.0 Å². The highest BCUT2D eigenvalue weighted by molar-refractivity contribution is 5.67. The number of hydrogen-bond acceptors (Lipinski definition) is 2. The van der Waals surface area contributed by atoms with Gasteiger partial charge in [0, 0.05) is 12.6 Å². The Kier molecular flexibility index (Phi) is 5.09. The third-order valence-electron chi connectivity index (χ3n) is 3.24. The van der Waals surface area contributed by atoms with Crippen LogP contribution >= 0.6 is 0 Å². The Labute approximate surface area is 92.5 Å². The molecule has 0 aromatic rings. The maximum Gasteiger partial charge on any atom is 0.304 e. The van der Waals surface area contributed by atoms with Crippen molar-refractivity contribution in [3.05, 3.63) is 0 Å². The maximum absolute atomic E-state index is 10.7. The monoisotopic (exact) mass is 213 g/mol. The van der Waals surface area contributed by atoms with Crippen LogP contribution < -0.4 is 0 Å². The van der Waals surface area contributed by atoms with Crippen molar-refractivity contribution in [3.8, 4) is 0 Å². The van der Waals surface area contributed by atoms with E-state index in [1.165, 1.54) is 12.8 Å². The molecule has 15 heavy (non-hydrogen) atoms. The molecule has 0 spiro atoms. The molecule has 1 fully saturated rings. The molecule has 3 heteroatoms. The van der Waals surface area contributed by atoms with E-state index in [-0.39, 0.29) is 0 Å². The molecule has 0 saturated carbocycles. The van der Waals surface area contributed by atoms with Gasteiger partial charge < -0.3 is 5.11 Å². The van der Waals surface area contributed by atoms with Gasteiger partial charge in [-0.2, -0.15) is 0 Å². The number of hydrogen-bond donors (Lipinski definition) is 1. The molecular formula is C12H23NO2. The fourth-order valence-electron chi connectivity index (χ4n) is 2.55. The van der Waals surface area contributed by atoms with Gasteiger partial charge in [-0.15, -0.1) is 0 Å². The summed E-state index contributed by atoms with van der Waals surface area (Å²) >= 11 is 0. The summed E-state index contributed by atoms with van der Waals surface area (Å²) in [4.78, 5) is 13.1. The quantitative estimate of drug-likeness (QED) is 0.736. The van der Waals surface area contributed by atoms with E-state index in [4.69, 9.17) is 5.11 Å². The standard InChI is InChI=1S/C12H23NO2/c1-3-5-10(2)9-13-7-4-6-11(13)8-12(14)15/h10-11H,3-9H2,1-2H3,(H,14,15). The van der Waals surface area contributed by atoms with Crippen molar-refractivity contribution in [3.63, 3.8) is 0 Å². The second-order valence-electron chi connectivity index (χ2n) is 4.78. The molecule has 0 aliphatic carbocycles. The van der Waals surface area contributed by atoms with Crippen LogP contribution in [0.5, 0.6) is 0 Å². The fraction of sp³-hybridized carbons (Fsp3) is 0.917. The third-order valence-corrected chi connectivity index (χ3v) is 3.24. The van der Waals surface area contributed by atoms with E-state index in [0.29, 0.717) is 18.4 Å². The second-order valence-corrected chi connectivity index (χ2v) is 4.78. The Balaban J connectivity index is 2.35. The molecule has 1 saturated heterocycles. The molecule has 0 radical (unpaired) electrons. The molecule has 88 valence electrons. The molecule has 1 rings (SSSR count). The van der Waals surface area contributed by atoms with Gasteiger partial charge >= 0.3 is 5.97 Å². The minimum absolute atomic E-state index is 0.293. The van der Waals surface area contributed by atoms with Gasteiger partial charge in [-0.1, -0.05) is 20.3 Å². The minimum Gasteiger partial charge on any atom is -0.481 e. The van der Waals surface area contributed by atoms with Crippen molar-refractivity contribution < 1.29 is 9.90 Å². The van der Waals surface area contributed by atoms with Crippen molar-refractivity contribution in [2.24, 2.45) is 5.92 Å². The van der Waals surface area contributed by atoms with Gasteiger partial charge in [0.25, 0.3) is 0 Å². The number of carbonyl (C=O) groups is 1. The first-order valence-electron chi connectivity index (χ1n) is 6.09. The third kappa shape index (κ3) is 4.20. The van der Waals surface area contributed by atoms with Crippen molar-refractivity contribution in [2.75, 3.05) is 13.1 Å². The summed E-state index contributed by atoms with van der Waals surface area (Å²) in [6, 6.07) is 0.293. The van der Waals surface area contributed by atoms with Crippen molar-refractivity contribution in [2.45, 2.75) is 52.0 Å². The molecule has 1 aliphatic rings. The van der Waals surface area contributed by atoms with Gasteiger partial charge in [-0.3, -0.25) is 9.69 Å². The smallest absolute Gasteiger partial charge is 0.304 e. The molecule has 0 aromatic carbocycles. The molecule has 0 aromatic heterocycles. The lowest BCUT2D eigenvalue weighted by Crippen LogP contribution is -2.34. The number of carboxylic acids is 1. The van der Waals surface area contributed by atoms with Gasteiger partial charge in [-0.05, 0) is 31.7 Å². The zero-order valence-electron chi connectivity index (χ0n) is 9.91. The molecule has 1 N–H and O–H groups in total. The summed E-state index contributed by atoms with van der Waals surface area (Å²) in [5.74, 6) is 0.0411. The van der Waals surface area contributed by atoms with Crippen LogP contribution in [0.25, 0.3) is 0 Å². The minimum atomic E-state index is -0.657. The van der Waals surface area contributed by atoms with Crippen molar-refractivity contribution >= 4 is 5.97 Å². The van der Waals surface area contributed by atoms with Crippen LogP contribution in [-0.2, 0) is 4.79 Å². The van der Waals surface area contributed by atoms with E-state index in [2.05, 4.69) is 18.7 Å². The van der Waals surface area contributed by atoms with E-state index in [9.17, 15) is 4.79 Å². The van der Waals surface area contributed by atoms with Crippen LogP contribution in [0, 0.1) is 5.92 Å². The highest BCUT2D eigenvalue weighted by Gasteiger charge is 2.27. The fourth-order valence-corrected chi connectivity index (χ4v) is 2.55. The number of aliphatic carboxylic acids is 1. The van der Waals surface area contributed by atoms with Gasteiger partial charge in [0.2, 0.25) is 0 Å². The normalized spacial score (nSPS) is 24.3. The van der Waals surface area contributed by atoms with E-state index in [0.717, 1.165) is 25.9 Å². The van der Waals surface area contributed by atoms with Crippen LogP contribution in [0.15, 0.2) is 0 Å². The Morgan fingerprint density at radius 1 is 1.60 bits per heavy atom. The first kappa shape index (κ1) is 12.5. The zero-order chi connectivity index (χ0) is 11.3. The molecule has 2 atom stereocenters. The molecule has 0 bridgehead atoms. The Bertz CT molecular complexity index is 206. The summed E-state index contributed by atoms with van der Waals surface area (Å²) in [6.45, 7) is 6.63. The largest absolute Gasteiger partial charge is 0.481 e. The Hall–Kier alpha value is -0.570. The predicted octanol–water partition coefficient (Wildman–Crippen LogP) is 2.36. The lowest BCUT2D eigenvalue weighted by atomic mass is 10.0. The molecule has 1 heterocycles. The predicted molar refractivity (Wildman–Crippen MR) is 60.9 cm³/mol. The number of nitrogens with zero attached hydrogens (tertiary/aromatic N) is 1. The summed E-state index contributed by atoms with van der Waals surface area (Å²) in [7, 11) is 0. The highest BCUT2D eigenvalue weighted by atomic mass is 16.4. The lowest BCUT2D eigenvalue weighted by Gasteiger charge is -2.26. The maximum atomic E-state index is 10.7. The molecule has 3 nitrogen and oxygen atoms in total. The molecule has 2 unspecified atom stereocenters. The lowest BCUT2D eigenvalue weighted by molar-refractivity contribution is -0.138. The second kappa shape index (κ2) is 6.11. The van der Waals surface area contributed by atoms with Crippen molar-refractivity contribution in [1.82, 2.24) is 4.90 Å². The summed E-state index contributed by atoms with van der Waals surface area (Å²) in [5, 5.41) is 8.80. The number of likely N-dealkylation sites (tertiary alicyclic amines) is 1. The zero-order valence-corrected chi connectivity index (χ0v) is 9.91. The average molecular weight is 213 g/mol. The van der Waals surface area contributed by atoms with Crippen molar-refractivity contribution in [1.29, 1.82) is 0 Å². The summed E-state index contributed by atoms with van der Waals surface area (Å²) in [6.07, 6.45) is 5.01.